The van der Waals surface area contributed by atoms with Crippen molar-refractivity contribution >= 4 is 33.6 Å². The first-order chi connectivity index (χ1) is 15.6. The topological polar surface area (TPSA) is 125 Å². The Morgan fingerprint density at radius 3 is 2.42 bits per heavy atom. The standard InChI is InChI=1S/C23H26N4O5S/c1-15-6-8-18(9-7-15)26-33(31,32)19-5-3-4-17(14-19)20(28)25-27-21(29)23(24-22(27)30)12-10-16(2)11-13-23/h3-9,14,16,26H,10-13H2,1-2H3,(H,24,30)(H,25,28). The summed E-state index contributed by atoms with van der Waals surface area (Å²) in [6, 6.07) is 11.5. The third kappa shape index (κ3) is 4.56. The number of anilines is 1. The van der Waals surface area contributed by atoms with Crippen LogP contribution in [-0.4, -0.2) is 36.8 Å². The Hall–Kier alpha value is -3.40. The van der Waals surface area contributed by atoms with Crippen molar-refractivity contribution in [2.45, 2.75) is 50.0 Å². The highest BCUT2D eigenvalue weighted by Gasteiger charge is 2.52. The molecule has 9 nitrogen and oxygen atoms in total. The van der Waals surface area contributed by atoms with Crippen LogP contribution in [0.1, 0.15) is 48.5 Å². The molecule has 1 aliphatic carbocycles. The smallest absolute Gasteiger partial charge is 0.322 e. The van der Waals surface area contributed by atoms with Gasteiger partial charge in [0.1, 0.15) is 5.54 Å². The van der Waals surface area contributed by atoms with Crippen LogP contribution in [0.3, 0.4) is 0 Å². The molecule has 2 aromatic rings. The predicted octanol–water partition coefficient (Wildman–Crippen LogP) is 2.94. The van der Waals surface area contributed by atoms with Gasteiger partial charge in [-0.2, -0.15) is 5.01 Å². The lowest BCUT2D eigenvalue weighted by Gasteiger charge is -2.33. The molecule has 2 aliphatic rings. The van der Waals surface area contributed by atoms with Gasteiger partial charge in [0.2, 0.25) is 0 Å². The van der Waals surface area contributed by atoms with E-state index in [1.165, 1.54) is 24.3 Å². The van der Waals surface area contributed by atoms with Crippen molar-refractivity contribution in [2.24, 2.45) is 5.92 Å². The minimum Gasteiger partial charge on any atom is -0.322 e. The zero-order valence-electron chi connectivity index (χ0n) is 18.4. The largest absolute Gasteiger partial charge is 0.344 e. The molecule has 0 unspecified atom stereocenters. The van der Waals surface area contributed by atoms with Crippen LogP contribution in [0.15, 0.2) is 53.4 Å². The summed E-state index contributed by atoms with van der Waals surface area (Å²) in [6.07, 6.45) is 2.65. The zero-order chi connectivity index (χ0) is 23.8. The fourth-order valence-corrected chi connectivity index (χ4v) is 5.23. The summed E-state index contributed by atoms with van der Waals surface area (Å²) in [5.41, 5.74) is 2.72. The van der Waals surface area contributed by atoms with Crippen molar-refractivity contribution in [3.05, 3.63) is 59.7 Å². The summed E-state index contributed by atoms with van der Waals surface area (Å²) >= 11 is 0. The van der Waals surface area contributed by atoms with Gasteiger partial charge in [0.05, 0.1) is 4.90 Å². The van der Waals surface area contributed by atoms with E-state index in [1.807, 2.05) is 6.92 Å². The molecular weight excluding hydrogens is 444 g/mol. The molecule has 10 heteroatoms. The van der Waals surface area contributed by atoms with E-state index in [4.69, 9.17) is 0 Å². The summed E-state index contributed by atoms with van der Waals surface area (Å²) in [7, 11) is -3.95. The van der Waals surface area contributed by atoms with Gasteiger partial charge in [0.15, 0.2) is 0 Å². The van der Waals surface area contributed by atoms with Crippen LogP contribution in [0, 0.1) is 12.8 Å². The van der Waals surface area contributed by atoms with Gasteiger partial charge in [-0.3, -0.25) is 19.7 Å². The number of carbonyl (C=O) groups is 3. The van der Waals surface area contributed by atoms with Gasteiger partial charge < -0.3 is 5.32 Å². The fourth-order valence-electron chi connectivity index (χ4n) is 4.12. The number of benzene rings is 2. The molecule has 1 heterocycles. The predicted molar refractivity (Wildman–Crippen MR) is 122 cm³/mol. The van der Waals surface area contributed by atoms with E-state index in [-0.39, 0.29) is 10.5 Å². The van der Waals surface area contributed by atoms with E-state index in [0.29, 0.717) is 29.5 Å². The number of hydrogen-bond acceptors (Lipinski definition) is 5. The summed E-state index contributed by atoms with van der Waals surface area (Å²) in [5.74, 6) is -0.771. The molecule has 0 radical (unpaired) electrons. The van der Waals surface area contributed by atoms with E-state index in [1.54, 1.807) is 24.3 Å². The van der Waals surface area contributed by atoms with Crippen molar-refractivity contribution in [1.82, 2.24) is 15.8 Å². The van der Waals surface area contributed by atoms with Crippen LogP contribution in [0.5, 0.6) is 0 Å². The molecule has 4 amide bonds. The van der Waals surface area contributed by atoms with E-state index in [0.717, 1.165) is 18.4 Å². The molecule has 0 atom stereocenters. The molecule has 1 saturated carbocycles. The average Bonchev–Trinajstić information content (AvgIpc) is 3.01. The lowest BCUT2D eigenvalue weighted by atomic mass is 9.77. The third-order valence-electron chi connectivity index (χ3n) is 6.21. The van der Waals surface area contributed by atoms with Crippen LogP contribution in [0.25, 0.3) is 0 Å². The molecular formula is C23H26N4O5S. The van der Waals surface area contributed by atoms with Gasteiger partial charge in [-0.05, 0) is 68.9 Å². The molecule has 3 N–H and O–H groups in total. The van der Waals surface area contributed by atoms with Gasteiger partial charge in [0, 0.05) is 11.3 Å². The van der Waals surface area contributed by atoms with Crippen LogP contribution in [0.4, 0.5) is 10.5 Å². The average molecular weight is 471 g/mol. The maximum atomic E-state index is 12.9. The summed E-state index contributed by atoms with van der Waals surface area (Å²) < 4.78 is 28.0. The molecule has 2 aromatic carbocycles. The Morgan fingerprint density at radius 2 is 1.76 bits per heavy atom. The monoisotopic (exact) mass is 470 g/mol. The minimum absolute atomic E-state index is 0.000553. The van der Waals surface area contributed by atoms with E-state index in [2.05, 4.69) is 22.4 Å². The molecule has 0 aromatic heterocycles. The Bertz CT molecular complexity index is 1200. The molecule has 1 spiro atoms. The van der Waals surface area contributed by atoms with Crippen LogP contribution in [0.2, 0.25) is 0 Å². The van der Waals surface area contributed by atoms with Gasteiger partial charge in [-0.15, -0.1) is 0 Å². The first-order valence-corrected chi connectivity index (χ1v) is 12.3. The lowest BCUT2D eigenvalue weighted by molar-refractivity contribution is -0.134. The third-order valence-corrected chi connectivity index (χ3v) is 7.59. The van der Waals surface area contributed by atoms with Gasteiger partial charge in [0.25, 0.3) is 21.8 Å². The molecule has 4 rings (SSSR count). The Balaban J connectivity index is 1.49. The number of amides is 4. The maximum absolute atomic E-state index is 12.9. The second-order valence-electron chi connectivity index (χ2n) is 8.78. The number of nitrogens with one attached hydrogen (secondary N) is 3. The summed E-state index contributed by atoms with van der Waals surface area (Å²) in [4.78, 5) is 38.0. The summed E-state index contributed by atoms with van der Waals surface area (Å²) in [5, 5.41) is 3.43. The molecule has 1 aliphatic heterocycles. The van der Waals surface area contributed by atoms with E-state index < -0.39 is 33.4 Å². The highest BCUT2D eigenvalue weighted by Crippen LogP contribution is 2.35. The highest BCUT2D eigenvalue weighted by molar-refractivity contribution is 7.92. The number of carbonyl (C=O) groups excluding carboxylic acids is 3. The van der Waals surface area contributed by atoms with Crippen LogP contribution >= 0.6 is 0 Å². The number of imide groups is 1. The second-order valence-corrected chi connectivity index (χ2v) is 10.5. The van der Waals surface area contributed by atoms with Crippen LogP contribution < -0.4 is 15.5 Å². The van der Waals surface area contributed by atoms with Gasteiger partial charge in [-0.1, -0.05) is 30.7 Å². The molecule has 2 fully saturated rings. The molecule has 33 heavy (non-hydrogen) atoms. The van der Waals surface area contributed by atoms with Crippen molar-refractivity contribution in [1.29, 1.82) is 0 Å². The number of aryl methyl sites for hydroxylation is 1. The SMILES string of the molecule is Cc1ccc(NS(=O)(=O)c2cccc(C(=O)NN3C(=O)NC4(CCC(C)CC4)C3=O)c2)cc1. The molecule has 0 bridgehead atoms. The normalized spacial score (nSPS) is 22.8. The minimum atomic E-state index is -3.95. The first kappa shape index (κ1) is 22.8. The number of nitrogens with zero attached hydrogens (tertiary/aromatic N) is 1. The van der Waals surface area contributed by atoms with E-state index >= 15 is 0 Å². The number of sulfonamides is 1. The second kappa shape index (κ2) is 8.51. The van der Waals surface area contributed by atoms with Crippen LogP contribution in [-0.2, 0) is 14.8 Å². The van der Waals surface area contributed by atoms with Crippen molar-refractivity contribution < 1.29 is 22.8 Å². The highest BCUT2D eigenvalue weighted by atomic mass is 32.2. The summed E-state index contributed by atoms with van der Waals surface area (Å²) in [6.45, 7) is 3.99. The van der Waals surface area contributed by atoms with E-state index in [9.17, 15) is 22.8 Å². The number of rotatable bonds is 5. The molecule has 174 valence electrons. The Kier molecular flexibility index (Phi) is 5.87. The maximum Gasteiger partial charge on any atom is 0.344 e. The van der Waals surface area contributed by atoms with Crippen molar-refractivity contribution in [3.8, 4) is 0 Å². The quantitative estimate of drug-likeness (QED) is 0.580. The Labute approximate surface area is 192 Å². The van der Waals surface area contributed by atoms with Gasteiger partial charge in [-0.25, -0.2) is 13.2 Å². The zero-order valence-corrected chi connectivity index (χ0v) is 19.2. The lowest BCUT2D eigenvalue weighted by Crippen LogP contribution is -2.51. The first-order valence-electron chi connectivity index (χ1n) is 10.8. The van der Waals surface area contributed by atoms with Crippen molar-refractivity contribution in [3.63, 3.8) is 0 Å². The number of hydrogen-bond donors (Lipinski definition) is 3. The number of hydrazine groups is 1. The molecule has 1 saturated heterocycles. The fraction of sp³-hybridized carbons (Fsp3) is 0.348. The number of urea groups is 1. The Morgan fingerprint density at radius 1 is 1.09 bits per heavy atom. The van der Waals surface area contributed by atoms with Gasteiger partial charge >= 0.3 is 6.03 Å². The van der Waals surface area contributed by atoms with Crippen molar-refractivity contribution in [2.75, 3.05) is 4.72 Å².